The largest absolute Gasteiger partial charge is 1.00 e. The van der Waals surface area contributed by atoms with Crippen LogP contribution in [0.15, 0.2) is 65.8 Å². The van der Waals surface area contributed by atoms with Crippen LogP contribution in [0.2, 0.25) is 5.02 Å². The van der Waals surface area contributed by atoms with E-state index in [0.717, 1.165) is 27.7 Å². The van der Waals surface area contributed by atoms with Crippen molar-refractivity contribution >= 4 is 33.5 Å². The second-order valence-corrected chi connectivity index (χ2v) is 6.98. The third-order valence-corrected chi connectivity index (χ3v) is 5.01. The number of aromatic amines is 2. The van der Waals surface area contributed by atoms with Gasteiger partial charge in [0, 0.05) is 29.3 Å². The van der Waals surface area contributed by atoms with Gasteiger partial charge in [0.1, 0.15) is 5.52 Å². The van der Waals surface area contributed by atoms with Gasteiger partial charge in [0.05, 0.1) is 27.3 Å². The molecular formula is C21H15Cl2N5O. The Morgan fingerprint density at radius 3 is 2.66 bits per heavy atom. The fraction of sp³-hybridized carbons (Fsp3) is 0.0476. The van der Waals surface area contributed by atoms with Crippen molar-refractivity contribution in [2.24, 2.45) is 0 Å². The molecule has 2 N–H and O–H groups in total. The number of nitrogens with one attached hydrogen (secondary N) is 2. The van der Waals surface area contributed by atoms with E-state index in [1.807, 2.05) is 55.7 Å². The molecule has 0 spiro atoms. The second-order valence-electron chi connectivity index (χ2n) is 6.55. The minimum absolute atomic E-state index is 0. The van der Waals surface area contributed by atoms with Gasteiger partial charge in [-0.25, -0.2) is 0 Å². The maximum atomic E-state index is 13.1. The maximum absolute atomic E-state index is 13.1. The molecule has 1 aromatic carbocycles. The van der Waals surface area contributed by atoms with Crippen LogP contribution in [-0.2, 0) is 0 Å². The van der Waals surface area contributed by atoms with Gasteiger partial charge in [0.15, 0.2) is 12.4 Å². The molecule has 144 valence electrons. The molecule has 0 saturated carbocycles. The zero-order chi connectivity index (χ0) is 19.3. The van der Waals surface area contributed by atoms with Crippen molar-refractivity contribution in [2.45, 2.75) is 6.92 Å². The SMILES string of the molecule is Cc1n[nH]c2cccc(-c3c(-[n+]4ccccc4)c(=O)[nH]c4cc(Cl)cnc34)c12.[Cl-]. The number of fused-ring (bicyclic) bond motifs is 2. The first-order chi connectivity index (χ1) is 13.6. The molecule has 4 heterocycles. The maximum Gasteiger partial charge on any atom is 0.321 e. The predicted molar refractivity (Wildman–Crippen MR) is 109 cm³/mol. The van der Waals surface area contributed by atoms with Gasteiger partial charge >= 0.3 is 5.56 Å². The molecule has 0 aliphatic heterocycles. The Morgan fingerprint density at radius 1 is 1.07 bits per heavy atom. The molecule has 0 fully saturated rings. The number of aromatic nitrogens is 5. The predicted octanol–water partition coefficient (Wildman–Crippen LogP) is 0.709. The van der Waals surface area contributed by atoms with E-state index in [9.17, 15) is 4.79 Å². The average Bonchev–Trinajstić information content (AvgIpc) is 3.09. The Hall–Kier alpha value is -3.22. The summed E-state index contributed by atoms with van der Waals surface area (Å²) in [5, 5.41) is 8.81. The highest BCUT2D eigenvalue weighted by atomic mass is 35.5. The first-order valence-corrected chi connectivity index (χ1v) is 9.13. The lowest BCUT2D eigenvalue weighted by molar-refractivity contribution is -0.596. The first-order valence-electron chi connectivity index (χ1n) is 8.76. The van der Waals surface area contributed by atoms with Gasteiger partial charge in [-0.1, -0.05) is 29.8 Å². The lowest BCUT2D eigenvalue weighted by Crippen LogP contribution is -3.00. The molecule has 0 aliphatic carbocycles. The van der Waals surface area contributed by atoms with Crippen molar-refractivity contribution in [3.05, 3.63) is 82.1 Å². The summed E-state index contributed by atoms with van der Waals surface area (Å²) >= 11 is 6.12. The van der Waals surface area contributed by atoms with Crippen molar-refractivity contribution < 1.29 is 17.0 Å². The van der Waals surface area contributed by atoms with E-state index in [1.165, 1.54) is 0 Å². The summed E-state index contributed by atoms with van der Waals surface area (Å²) < 4.78 is 1.80. The van der Waals surface area contributed by atoms with Crippen molar-refractivity contribution in [1.29, 1.82) is 0 Å². The van der Waals surface area contributed by atoms with Crippen LogP contribution in [0.3, 0.4) is 0 Å². The van der Waals surface area contributed by atoms with E-state index in [2.05, 4.69) is 20.2 Å². The summed E-state index contributed by atoms with van der Waals surface area (Å²) in [4.78, 5) is 20.6. The summed E-state index contributed by atoms with van der Waals surface area (Å²) in [5.74, 6) is 0. The molecule has 0 saturated heterocycles. The molecule has 0 atom stereocenters. The third-order valence-electron chi connectivity index (χ3n) is 4.80. The molecule has 0 amide bonds. The molecule has 5 aromatic rings. The van der Waals surface area contributed by atoms with E-state index in [0.29, 0.717) is 21.7 Å². The minimum atomic E-state index is -0.221. The van der Waals surface area contributed by atoms with E-state index in [-0.39, 0.29) is 18.0 Å². The van der Waals surface area contributed by atoms with Gasteiger partial charge in [-0.2, -0.15) is 9.67 Å². The monoisotopic (exact) mass is 423 g/mol. The van der Waals surface area contributed by atoms with Crippen LogP contribution in [0.5, 0.6) is 0 Å². The number of nitrogens with zero attached hydrogens (tertiary/aromatic N) is 3. The Bertz CT molecular complexity index is 1410. The van der Waals surface area contributed by atoms with E-state index in [1.54, 1.807) is 16.8 Å². The van der Waals surface area contributed by atoms with Crippen LogP contribution in [0.25, 0.3) is 38.8 Å². The Labute approximate surface area is 176 Å². The topological polar surface area (TPSA) is 78.3 Å². The standard InChI is InChI=1S/C21H14ClN5O.ClH/c1-12-17-14(6-5-7-15(17)26-25-12)18-19-16(10-13(22)11-23-19)24-21(28)20(18)27-8-3-2-4-9-27;/h2-11H,1H3,(H-,24,25,26,28);1H. The van der Waals surface area contributed by atoms with E-state index in [4.69, 9.17) is 11.6 Å². The number of aryl methyl sites for hydroxylation is 1. The summed E-state index contributed by atoms with van der Waals surface area (Å²) in [5.41, 5.74) is 4.92. The van der Waals surface area contributed by atoms with Crippen molar-refractivity contribution in [3.8, 4) is 16.8 Å². The number of H-pyrrole nitrogens is 2. The molecule has 0 radical (unpaired) electrons. The fourth-order valence-corrected chi connectivity index (χ4v) is 3.79. The Kier molecular flexibility index (Phi) is 4.82. The van der Waals surface area contributed by atoms with Crippen LogP contribution < -0.4 is 22.5 Å². The first kappa shape index (κ1) is 19.1. The summed E-state index contributed by atoms with van der Waals surface area (Å²) in [6.07, 6.45) is 5.28. The van der Waals surface area contributed by atoms with Crippen LogP contribution >= 0.6 is 11.6 Å². The highest BCUT2D eigenvalue weighted by molar-refractivity contribution is 6.31. The average molecular weight is 424 g/mol. The molecule has 6 nitrogen and oxygen atoms in total. The zero-order valence-electron chi connectivity index (χ0n) is 15.3. The molecule has 5 rings (SSSR count). The highest BCUT2D eigenvalue weighted by Crippen LogP contribution is 2.35. The van der Waals surface area contributed by atoms with E-state index >= 15 is 0 Å². The minimum Gasteiger partial charge on any atom is -1.00 e. The number of halogens is 2. The highest BCUT2D eigenvalue weighted by Gasteiger charge is 2.25. The number of rotatable bonds is 2. The Balaban J connectivity index is 0.00000205. The van der Waals surface area contributed by atoms with Crippen LogP contribution in [0.1, 0.15) is 5.69 Å². The molecule has 0 aliphatic rings. The van der Waals surface area contributed by atoms with Gasteiger partial charge in [0.25, 0.3) is 5.69 Å². The molecular weight excluding hydrogens is 409 g/mol. The van der Waals surface area contributed by atoms with E-state index < -0.39 is 0 Å². The second kappa shape index (κ2) is 7.31. The molecule has 8 heteroatoms. The van der Waals surface area contributed by atoms with Crippen LogP contribution in [-0.4, -0.2) is 20.2 Å². The molecule has 0 unspecified atom stereocenters. The molecule has 4 aromatic heterocycles. The smallest absolute Gasteiger partial charge is 0.321 e. The zero-order valence-corrected chi connectivity index (χ0v) is 16.8. The fourth-order valence-electron chi connectivity index (χ4n) is 3.63. The number of hydrogen-bond donors (Lipinski definition) is 2. The summed E-state index contributed by atoms with van der Waals surface area (Å²) in [7, 11) is 0. The normalized spacial score (nSPS) is 11.0. The lowest BCUT2D eigenvalue weighted by atomic mass is 9.97. The van der Waals surface area contributed by atoms with Crippen LogP contribution in [0.4, 0.5) is 0 Å². The van der Waals surface area contributed by atoms with Crippen molar-refractivity contribution in [3.63, 3.8) is 0 Å². The summed E-state index contributed by atoms with van der Waals surface area (Å²) in [6.45, 7) is 1.94. The molecule has 0 bridgehead atoms. The van der Waals surface area contributed by atoms with Gasteiger partial charge in [-0.05, 0) is 19.1 Å². The Morgan fingerprint density at radius 2 is 1.86 bits per heavy atom. The van der Waals surface area contributed by atoms with Crippen molar-refractivity contribution in [2.75, 3.05) is 0 Å². The van der Waals surface area contributed by atoms with Gasteiger partial charge in [-0.15, -0.1) is 0 Å². The van der Waals surface area contributed by atoms with Crippen molar-refractivity contribution in [1.82, 2.24) is 20.2 Å². The quantitative estimate of drug-likeness (QED) is 0.410. The van der Waals surface area contributed by atoms with Gasteiger partial charge in [0.2, 0.25) is 0 Å². The number of benzene rings is 1. The third kappa shape index (κ3) is 3.06. The molecule has 29 heavy (non-hydrogen) atoms. The number of hydrogen-bond acceptors (Lipinski definition) is 3. The van der Waals surface area contributed by atoms with Gasteiger partial charge in [-0.3, -0.25) is 14.9 Å². The number of pyridine rings is 3. The van der Waals surface area contributed by atoms with Crippen LogP contribution in [0, 0.1) is 6.92 Å². The lowest BCUT2D eigenvalue weighted by Gasteiger charge is -2.10. The van der Waals surface area contributed by atoms with Gasteiger partial charge < -0.3 is 17.4 Å². The summed E-state index contributed by atoms with van der Waals surface area (Å²) in [6, 6.07) is 13.3.